The van der Waals surface area contributed by atoms with Crippen molar-refractivity contribution in [3.63, 3.8) is 0 Å². The maximum absolute atomic E-state index is 13.5. The number of Topliss-reactive ketones (excluding diaryl/α,β-unsaturated/α-hetero) is 1. The van der Waals surface area contributed by atoms with Crippen molar-refractivity contribution in [3.05, 3.63) is 11.1 Å². The fourth-order valence-electron chi connectivity index (χ4n) is 8.42. The molecule has 1 aliphatic heterocycles. The first-order chi connectivity index (χ1) is 13.8. The molecule has 0 radical (unpaired) electrons. The van der Waals surface area contributed by atoms with E-state index in [9.17, 15) is 15.0 Å². The lowest BCUT2D eigenvalue weighted by atomic mass is 9.43. The van der Waals surface area contributed by atoms with Crippen LogP contribution in [0.4, 0.5) is 0 Å². The summed E-state index contributed by atoms with van der Waals surface area (Å²) < 4.78 is 12.7. The van der Waals surface area contributed by atoms with Gasteiger partial charge in [0.05, 0.1) is 18.6 Å². The fourth-order valence-corrected chi connectivity index (χ4v) is 8.42. The third kappa shape index (κ3) is 2.51. The van der Waals surface area contributed by atoms with Gasteiger partial charge in [-0.1, -0.05) is 25.3 Å². The van der Waals surface area contributed by atoms with Crippen molar-refractivity contribution in [2.75, 3.05) is 13.2 Å². The summed E-state index contributed by atoms with van der Waals surface area (Å²) in [7, 11) is 0. The summed E-state index contributed by atoms with van der Waals surface area (Å²) in [4.78, 5) is 13.5. The number of hydrogen-bond donors (Lipinski definition) is 2. The molecule has 5 fully saturated rings. The number of fused-ring (bicyclic) bond motifs is 6. The van der Waals surface area contributed by atoms with Crippen LogP contribution in [-0.4, -0.2) is 41.3 Å². The van der Waals surface area contributed by atoms with Crippen LogP contribution in [0, 0.1) is 34.5 Å². The van der Waals surface area contributed by atoms with Crippen LogP contribution in [0.5, 0.6) is 0 Å². The van der Waals surface area contributed by atoms with Crippen LogP contribution in [-0.2, 0) is 14.3 Å². The van der Waals surface area contributed by atoms with E-state index in [1.54, 1.807) is 0 Å². The first-order valence-corrected chi connectivity index (χ1v) is 11.6. The van der Waals surface area contributed by atoms with E-state index in [4.69, 9.17) is 9.47 Å². The Morgan fingerprint density at radius 1 is 1.07 bits per heavy atom. The zero-order valence-electron chi connectivity index (χ0n) is 18.1. The van der Waals surface area contributed by atoms with Gasteiger partial charge in [0.15, 0.2) is 17.9 Å². The lowest BCUT2D eigenvalue weighted by Gasteiger charge is -2.64. The molecule has 0 aromatic carbocycles. The van der Waals surface area contributed by atoms with Crippen LogP contribution in [0.1, 0.15) is 72.1 Å². The number of carbonyl (C=O) groups excluding carboxylic acids is 1. The molecule has 29 heavy (non-hydrogen) atoms. The summed E-state index contributed by atoms with van der Waals surface area (Å²) in [6, 6.07) is 0. The van der Waals surface area contributed by atoms with E-state index >= 15 is 0 Å². The van der Waals surface area contributed by atoms with Crippen molar-refractivity contribution in [3.8, 4) is 0 Å². The number of aliphatic hydroxyl groups excluding tert-OH is 1. The van der Waals surface area contributed by atoms with Gasteiger partial charge in [0.1, 0.15) is 0 Å². The fraction of sp³-hybridized carbons (Fsp3) is 0.875. The smallest absolute Gasteiger partial charge is 0.172 e. The molecule has 4 saturated carbocycles. The van der Waals surface area contributed by atoms with Crippen LogP contribution in [0.15, 0.2) is 11.1 Å². The average Bonchev–Trinajstić information content (AvgIpc) is 3.26. The van der Waals surface area contributed by atoms with Crippen molar-refractivity contribution in [1.82, 2.24) is 0 Å². The van der Waals surface area contributed by atoms with E-state index in [2.05, 4.69) is 6.92 Å². The van der Waals surface area contributed by atoms with Crippen molar-refractivity contribution in [1.29, 1.82) is 0 Å². The number of hydrogen-bond acceptors (Lipinski definition) is 5. The monoisotopic (exact) mass is 404 g/mol. The molecule has 4 aliphatic carbocycles. The largest absolute Gasteiger partial charge is 0.367 e. The highest BCUT2D eigenvalue weighted by atomic mass is 16.7. The zero-order chi connectivity index (χ0) is 20.6. The van der Waals surface area contributed by atoms with Crippen molar-refractivity contribution in [2.24, 2.45) is 34.5 Å². The van der Waals surface area contributed by atoms with E-state index in [0.717, 1.165) is 30.4 Å². The Kier molecular flexibility index (Phi) is 4.61. The third-order valence-electron chi connectivity index (χ3n) is 9.68. The SMILES string of the molecule is CC(C)=C1C[C@H]2[C@@H]3CC4(OCCO4)[C@H]4CCCC[C@]4(C)[C@H]3CC[C@]2(C(O)O)C1=O. The number of carbonyl (C=O) groups is 1. The summed E-state index contributed by atoms with van der Waals surface area (Å²) in [5.41, 5.74) is 0.920. The summed E-state index contributed by atoms with van der Waals surface area (Å²) in [5, 5.41) is 21.0. The summed E-state index contributed by atoms with van der Waals surface area (Å²) >= 11 is 0. The molecule has 5 nitrogen and oxygen atoms in total. The van der Waals surface area contributed by atoms with Gasteiger partial charge in [0.25, 0.3) is 0 Å². The minimum absolute atomic E-state index is 0.0193. The normalized spacial score (nSPS) is 46.0. The lowest BCUT2D eigenvalue weighted by molar-refractivity contribution is -0.297. The summed E-state index contributed by atoms with van der Waals surface area (Å²) in [6.07, 6.45) is 6.13. The Hall–Kier alpha value is -0.750. The molecule has 6 atom stereocenters. The summed E-state index contributed by atoms with van der Waals surface area (Å²) in [6.45, 7) is 7.66. The lowest BCUT2D eigenvalue weighted by Crippen LogP contribution is -2.64. The quantitative estimate of drug-likeness (QED) is 0.516. The molecular weight excluding hydrogens is 368 g/mol. The zero-order valence-corrected chi connectivity index (χ0v) is 18.1. The predicted molar refractivity (Wildman–Crippen MR) is 108 cm³/mol. The van der Waals surface area contributed by atoms with Crippen LogP contribution >= 0.6 is 0 Å². The Morgan fingerprint density at radius 2 is 1.79 bits per heavy atom. The Bertz CT molecular complexity index is 732. The molecule has 0 unspecified atom stereocenters. The molecule has 0 aromatic heterocycles. The highest BCUT2D eigenvalue weighted by Gasteiger charge is 2.70. The molecule has 0 amide bonds. The topological polar surface area (TPSA) is 76.0 Å². The maximum atomic E-state index is 13.5. The molecule has 1 saturated heterocycles. The van der Waals surface area contributed by atoms with Gasteiger partial charge >= 0.3 is 0 Å². The molecule has 5 heteroatoms. The molecule has 0 aromatic rings. The minimum atomic E-state index is -1.60. The number of ether oxygens (including phenoxy) is 2. The first kappa shape index (κ1) is 20.2. The van der Waals surface area contributed by atoms with Gasteiger partial charge in [-0.25, -0.2) is 0 Å². The minimum Gasteiger partial charge on any atom is -0.367 e. The highest BCUT2D eigenvalue weighted by molar-refractivity contribution is 6.03. The van der Waals surface area contributed by atoms with E-state index in [1.165, 1.54) is 19.3 Å². The van der Waals surface area contributed by atoms with Crippen molar-refractivity contribution in [2.45, 2.75) is 84.2 Å². The second-order valence-electron chi connectivity index (χ2n) is 10.9. The van der Waals surface area contributed by atoms with Gasteiger partial charge in [-0.2, -0.15) is 0 Å². The van der Waals surface area contributed by atoms with Gasteiger partial charge in [0, 0.05) is 12.3 Å². The molecule has 5 rings (SSSR count). The molecule has 1 spiro atoms. The molecule has 162 valence electrons. The van der Waals surface area contributed by atoms with Gasteiger partial charge in [-0.15, -0.1) is 0 Å². The highest BCUT2D eigenvalue weighted by Crippen LogP contribution is 2.69. The molecule has 5 aliphatic rings. The second-order valence-corrected chi connectivity index (χ2v) is 10.9. The Morgan fingerprint density at radius 3 is 2.45 bits per heavy atom. The summed E-state index contributed by atoms with van der Waals surface area (Å²) in [5.74, 6) is 0.517. The van der Waals surface area contributed by atoms with Gasteiger partial charge in [-0.05, 0) is 74.7 Å². The van der Waals surface area contributed by atoms with E-state index in [-0.39, 0.29) is 23.0 Å². The standard InChI is InChI=1S/C24H36O5/c1-14(2)15-12-18-16-13-24(28-10-11-29-24)19-6-4-5-8-22(19,3)17(16)7-9-23(18,20(15)25)21(26)27/h16-19,21,26-27H,4-13H2,1-3H3/t16-,17+,18+,19+,22-,23-/m1/s1. The van der Waals surface area contributed by atoms with E-state index < -0.39 is 17.5 Å². The van der Waals surface area contributed by atoms with Crippen LogP contribution in [0.25, 0.3) is 0 Å². The number of aliphatic hydroxyl groups is 2. The van der Waals surface area contributed by atoms with Gasteiger partial charge < -0.3 is 19.7 Å². The second kappa shape index (κ2) is 6.62. The predicted octanol–water partition coefficient (Wildman–Crippen LogP) is 3.58. The first-order valence-electron chi connectivity index (χ1n) is 11.6. The Labute approximate surface area is 173 Å². The van der Waals surface area contributed by atoms with Crippen molar-refractivity contribution < 1.29 is 24.5 Å². The maximum Gasteiger partial charge on any atom is 0.172 e. The van der Waals surface area contributed by atoms with E-state index in [1.807, 2.05) is 13.8 Å². The Balaban J connectivity index is 1.61. The number of ketones is 1. The third-order valence-corrected chi connectivity index (χ3v) is 9.68. The van der Waals surface area contributed by atoms with E-state index in [0.29, 0.717) is 37.9 Å². The molecule has 1 heterocycles. The molecule has 2 N–H and O–H groups in total. The molecule has 0 bridgehead atoms. The van der Waals surface area contributed by atoms with Crippen LogP contribution in [0.3, 0.4) is 0 Å². The van der Waals surface area contributed by atoms with Gasteiger partial charge in [0.2, 0.25) is 0 Å². The van der Waals surface area contributed by atoms with Crippen LogP contribution in [0.2, 0.25) is 0 Å². The van der Waals surface area contributed by atoms with Gasteiger partial charge in [-0.3, -0.25) is 4.79 Å². The number of allylic oxidation sites excluding steroid dienone is 2. The molecular formula is C24H36O5. The van der Waals surface area contributed by atoms with Crippen molar-refractivity contribution >= 4 is 5.78 Å². The van der Waals surface area contributed by atoms with Crippen LogP contribution < -0.4 is 0 Å². The average molecular weight is 405 g/mol. The number of rotatable bonds is 1.